The molecule has 4 nitrogen and oxygen atoms in total. The summed E-state index contributed by atoms with van der Waals surface area (Å²) < 4.78 is 0. The van der Waals surface area contributed by atoms with Gasteiger partial charge in [-0.25, -0.2) is 4.98 Å². The van der Waals surface area contributed by atoms with Crippen LogP contribution in [0.5, 0.6) is 0 Å². The van der Waals surface area contributed by atoms with Crippen LogP contribution in [0.4, 0.5) is 0 Å². The molecule has 0 spiro atoms. The highest BCUT2D eigenvalue weighted by atomic mass is 32.1. The summed E-state index contributed by atoms with van der Waals surface area (Å²) in [6.45, 7) is 3.86. The lowest BCUT2D eigenvalue weighted by atomic mass is 10.3. The minimum absolute atomic E-state index is 0.119. The van der Waals surface area contributed by atoms with E-state index in [0.717, 1.165) is 55.6 Å². The fourth-order valence-corrected chi connectivity index (χ4v) is 4.19. The number of amides is 1. The molecule has 2 heterocycles. The van der Waals surface area contributed by atoms with Crippen LogP contribution in [0.2, 0.25) is 0 Å². The molecular formula is C17H21N3OS. The molecule has 2 fully saturated rings. The highest BCUT2D eigenvalue weighted by molar-refractivity contribution is 7.14. The largest absolute Gasteiger partial charge is 0.335 e. The number of rotatable bonds is 2. The Morgan fingerprint density at radius 2 is 2.09 bits per heavy atom. The maximum atomic E-state index is 12.8. The third-order valence-corrected chi connectivity index (χ3v) is 5.65. The van der Waals surface area contributed by atoms with Crippen molar-refractivity contribution in [1.82, 2.24) is 14.8 Å². The van der Waals surface area contributed by atoms with E-state index in [1.165, 1.54) is 24.2 Å². The van der Waals surface area contributed by atoms with Crippen LogP contribution in [0, 0.1) is 0 Å². The predicted octanol–water partition coefficient (Wildman–Crippen LogP) is 2.58. The first-order valence-corrected chi connectivity index (χ1v) is 8.99. The topological polar surface area (TPSA) is 36.4 Å². The van der Waals surface area contributed by atoms with Crippen LogP contribution in [0.3, 0.4) is 0 Å². The zero-order valence-electron chi connectivity index (χ0n) is 12.7. The molecule has 4 rings (SSSR count). The van der Waals surface area contributed by atoms with E-state index in [0.29, 0.717) is 5.01 Å². The van der Waals surface area contributed by atoms with E-state index in [4.69, 9.17) is 0 Å². The Kier molecular flexibility index (Phi) is 3.84. The van der Waals surface area contributed by atoms with Crippen LogP contribution in [0.1, 0.15) is 39.6 Å². The summed E-state index contributed by atoms with van der Waals surface area (Å²) in [6, 6.07) is 0.794. The molecule has 0 radical (unpaired) electrons. The van der Waals surface area contributed by atoms with Crippen LogP contribution in [0.25, 0.3) is 6.08 Å². The first-order chi connectivity index (χ1) is 10.8. The molecule has 116 valence electrons. The highest BCUT2D eigenvalue weighted by Gasteiger charge is 2.31. The zero-order chi connectivity index (χ0) is 14.9. The number of nitrogens with zero attached hydrogens (tertiary/aromatic N) is 3. The molecule has 5 heteroatoms. The smallest absolute Gasteiger partial charge is 0.282 e. The van der Waals surface area contributed by atoms with Crippen molar-refractivity contribution in [3.8, 4) is 0 Å². The maximum Gasteiger partial charge on any atom is 0.282 e. The Morgan fingerprint density at radius 1 is 1.18 bits per heavy atom. The van der Waals surface area contributed by atoms with Gasteiger partial charge in [0.05, 0.1) is 10.6 Å². The van der Waals surface area contributed by atoms with Crippen molar-refractivity contribution in [2.45, 2.75) is 31.7 Å². The molecule has 1 saturated carbocycles. The van der Waals surface area contributed by atoms with E-state index in [2.05, 4.69) is 22.0 Å². The number of carbonyl (C=O) groups excluding carboxylic acids is 1. The van der Waals surface area contributed by atoms with Crippen molar-refractivity contribution < 1.29 is 4.79 Å². The average molecular weight is 315 g/mol. The summed E-state index contributed by atoms with van der Waals surface area (Å²) >= 11 is 1.53. The van der Waals surface area contributed by atoms with Crippen LogP contribution >= 0.6 is 11.3 Å². The maximum absolute atomic E-state index is 12.8. The Labute approximate surface area is 135 Å². The van der Waals surface area contributed by atoms with Crippen LogP contribution in [0.15, 0.2) is 18.2 Å². The first-order valence-electron chi connectivity index (χ1n) is 8.17. The second-order valence-electron chi connectivity index (χ2n) is 6.23. The lowest BCUT2D eigenvalue weighted by Crippen LogP contribution is -2.35. The first kappa shape index (κ1) is 14.2. The lowest BCUT2D eigenvalue weighted by molar-refractivity contribution is 0.0760. The molecule has 1 aromatic heterocycles. The summed E-state index contributed by atoms with van der Waals surface area (Å²) in [7, 11) is 0. The summed E-state index contributed by atoms with van der Waals surface area (Å²) in [4.78, 5) is 23.0. The van der Waals surface area contributed by atoms with Crippen molar-refractivity contribution in [1.29, 1.82) is 0 Å². The van der Waals surface area contributed by atoms with Gasteiger partial charge < -0.3 is 4.90 Å². The number of aromatic nitrogens is 1. The monoisotopic (exact) mass is 315 g/mol. The molecule has 0 N–H and O–H groups in total. The molecule has 2 aliphatic carbocycles. The fraction of sp³-hybridized carbons (Fsp3) is 0.529. The SMILES string of the molecule is O=C(c1nc2c(s1)C=CC=CC2)N1CCCN(C2CC2)CC1. The third-order valence-electron chi connectivity index (χ3n) is 4.60. The number of fused-ring (bicyclic) bond motifs is 1. The second-order valence-corrected chi connectivity index (χ2v) is 7.26. The number of allylic oxidation sites excluding steroid dienone is 3. The summed E-state index contributed by atoms with van der Waals surface area (Å²) in [6.07, 6.45) is 12.8. The number of hydrogen-bond acceptors (Lipinski definition) is 4. The molecule has 1 saturated heterocycles. The van der Waals surface area contributed by atoms with Crippen molar-refractivity contribution in [2.75, 3.05) is 26.2 Å². The quantitative estimate of drug-likeness (QED) is 0.841. The van der Waals surface area contributed by atoms with Gasteiger partial charge >= 0.3 is 0 Å². The molecule has 0 aromatic carbocycles. The Bertz CT molecular complexity index is 630. The van der Waals surface area contributed by atoms with Crippen LogP contribution in [-0.4, -0.2) is 52.9 Å². The van der Waals surface area contributed by atoms with Gasteiger partial charge in [0.15, 0.2) is 5.01 Å². The van der Waals surface area contributed by atoms with Gasteiger partial charge in [0.25, 0.3) is 5.91 Å². The van der Waals surface area contributed by atoms with Gasteiger partial charge in [-0.15, -0.1) is 11.3 Å². The molecule has 0 atom stereocenters. The number of hydrogen-bond donors (Lipinski definition) is 0. The Morgan fingerprint density at radius 3 is 2.95 bits per heavy atom. The molecular weight excluding hydrogens is 294 g/mol. The Hall–Kier alpha value is -1.46. The van der Waals surface area contributed by atoms with Gasteiger partial charge in [-0.2, -0.15) is 0 Å². The minimum Gasteiger partial charge on any atom is -0.335 e. The van der Waals surface area contributed by atoms with E-state index in [1.807, 2.05) is 17.1 Å². The lowest BCUT2D eigenvalue weighted by Gasteiger charge is -2.20. The molecule has 3 aliphatic rings. The molecule has 1 aromatic rings. The number of thiazole rings is 1. The van der Waals surface area contributed by atoms with Gasteiger partial charge in [0, 0.05) is 38.6 Å². The van der Waals surface area contributed by atoms with Gasteiger partial charge in [-0.1, -0.05) is 18.2 Å². The predicted molar refractivity (Wildman–Crippen MR) is 89.1 cm³/mol. The summed E-state index contributed by atoms with van der Waals surface area (Å²) in [5, 5.41) is 0.657. The van der Waals surface area contributed by atoms with Crippen LogP contribution in [-0.2, 0) is 6.42 Å². The van der Waals surface area contributed by atoms with Crippen molar-refractivity contribution in [2.24, 2.45) is 0 Å². The highest BCUT2D eigenvalue weighted by Crippen LogP contribution is 2.28. The average Bonchev–Trinajstić information content (AvgIpc) is 3.33. The summed E-state index contributed by atoms with van der Waals surface area (Å²) in [5.74, 6) is 0.119. The van der Waals surface area contributed by atoms with E-state index in [1.54, 1.807) is 0 Å². The summed E-state index contributed by atoms with van der Waals surface area (Å²) in [5.41, 5.74) is 1.03. The van der Waals surface area contributed by atoms with E-state index in [-0.39, 0.29) is 5.91 Å². The van der Waals surface area contributed by atoms with Gasteiger partial charge in [-0.05, 0) is 25.3 Å². The van der Waals surface area contributed by atoms with E-state index < -0.39 is 0 Å². The van der Waals surface area contributed by atoms with Crippen molar-refractivity contribution >= 4 is 23.3 Å². The molecule has 0 unspecified atom stereocenters. The Balaban J connectivity index is 1.47. The van der Waals surface area contributed by atoms with E-state index in [9.17, 15) is 4.79 Å². The fourth-order valence-electron chi connectivity index (χ4n) is 3.21. The van der Waals surface area contributed by atoms with Gasteiger partial charge in [-0.3, -0.25) is 9.69 Å². The second kappa shape index (κ2) is 5.97. The molecule has 22 heavy (non-hydrogen) atoms. The zero-order valence-corrected chi connectivity index (χ0v) is 13.5. The third kappa shape index (κ3) is 2.88. The van der Waals surface area contributed by atoms with Crippen molar-refractivity contribution in [3.63, 3.8) is 0 Å². The normalized spacial score (nSPS) is 22.3. The standard InChI is InChI=1S/C17H21N3OS/c21-17(16-18-14-5-2-1-3-6-15(14)22-16)20-10-4-9-19(11-12-20)13-7-8-13/h1-3,6,13H,4-5,7-12H2. The number of carbonyl (C=O) groups is 1. The molecule has 1 amide bonds. The van der Waals surface area contributed by atoms with E-state index >= 15 is 0 Å². The molecule has 0 bridgehead atoms. The van der Waals surface area contributed by atoms with Crippen LogP contribution < -0.4 is 0 Å². The van der Waals surface area contributed by atoms with Gasteiger partial charge in [0.1, 0.15) is 0 Å². The minimum atomic E-state index is 0.119. The van der Waals surface area contributed by atoms with Crippen molar-refractivity contribution in [3.05, 3.63) is 33.8 Å². The van der Waals surface area contributed by atoms with Gasteiger partial charge in [0.2, 0.25) is 0 Å². The molecule has 1 aliphatic heterocycles.